The van der Waals surface area contributed by atoms with E-state index in [1.165, 1.54) is 6.07 Å². The van der Waals surface area contributed by atoms with Crippen molar-refractivity contribution >= 4 is 15.9 Å². The van der Waals surface area contributed by atoms with Crippen molar-refractivity contribution in [1.82, 2.24) is 5.32 Å². The molecule has 0 bridgehead atoms. The van der Waals surface area contributed by atoms with Crippen LogP contribution < -0.4 is 10.1 Å². The smallest absolute Gasteiger partial charge is 0.405 e. The number of hydrogen-bond acceptors (Lipinski definition) is 3. The van der Waals surface area contributed by atoms with Crippen molar-refractivity contribution in [3.05, 3.63) is 28.2 Å². The molecule has 0 heterocycles. The highest BCUT2D eigenvalue weighted by atomic mass is 79.9. The molecule has 1 rings (SSSR count). The van der Waals surface area contributed by atoms with Gasteiger partial charge < -0.3 is 15.2 Å². The number of benzene rings is 1. The number of aliphatic hydroxyl groups excluding tert-OH is 1. The molecule has 0 saturated carbocycles. The van der Waals surface area contributed by atoms with Gasteiger partial charge in [-0.15, -0.1) is 13.2 Å². The van der Waals surface area contributed by atoms with E-state index in [4.69, 9.17) is 5.11 Å². The SMILES string of the molecule is CC[C@@H](CO)NCc1ccc(OC(F)(F)F)c(Br)c1. The van der Waals surface area contributed by atoms with Gasteiger partial charge in [0.15, 0.2) is 0 Å². The van der Waals surface area contributed by atoms with Gasteiger partial charge in [-0.3, -0.25) is 0 Å². The summed E-state index contributed by atoms with van der Waals surface area (Å²) in [5.74, 6) is -0.273. The zero-order chi connectivity index (χ0) is 14.5. The molecule has 3 nitrogen and oxygen atoms in total. The maximum Gasteiger partial charge on any atom is 0.573 e. The molecule has 0 spiro atoms. The molecule has 0 fully saturated rings. The molecule has 0 aliphatic carbocycles. The molecular formula is C12H15BrF3NO2. The number of aliphatic hydroxyl groups is 1. The lowest BCUT2D eigenvalue weighted by molar-refractivity contribution is -0.274. The van der Waals surface area contributed by atoms with Crippen LogP contribution in [0.4, 0.5) is 13.2 Å². The maximum absolute atomic E-state index is 12.1. The summed E-state index contributed by atoms with van der Waals surface area (Å²) < 4.78 is 40.3. The van der Waals surface area contributed by atoms with Crippen LogP contribution in [0, 0.1) is 0 Å². The summed E-state index contributed by atoms with van der Waals surface area (Å²) in [6.07, 6.45) is -3.93. The van der Waals surface area contributed by atoms with E-state index in [9.17, 15) is 13.2 Å². The molecule has 0 unspecified atom stereocenters. The molecule has 0 aliphatic rings. The van der Waals surface area contributed by atoms with Crippen molar-refractivity contribution in [2.24, 2.45) is 0 Å². The summed E-state index contributed by atoms with van der Waals surface area (Å²) in [7, 11) is 0. The highest BCUT2D eigenvalue weighted by Crippen LogP contribution is 2.31. The van der Waals surface area contributed by atoms with Crippen LogP contribution >= 0.6 is 15.9 Å². The minimum atomic E-state index is -4.70. The monoisotopic (exact) mass is 341 g/mol. The summed E-state index contributed by atoms with van der Waals surface area (Å²) in [6, 6.07) is 4.33. The number of nitrogens with one attached hydrogen (secondary N) is 1. The Morgan fingerprint density at radius 2 is 2.11 bits per heavy atom. The van der Waals surface area contributed by atoms with E-state index < -0.39 is 6.36 Å². The number of ether oxygens (including phenoxy) is 1. The van der Waals surface area contributed by atoms with Crippen LogP contribution in [-0.2, 0) is 6.54 Å². The van der Waals surface area contributed by atoms with Crippen molar-refractivity contribution in [2.75, 3.05) is 6.61 Å². The number of hydrogen-bond donors (Lipinski definition) is 2. The normalized spacial score (nSPS) is 13.4. The fraction of sp³-hybridized carbons (Fsp3) is 0.500. The molecule has 1 aromatic rings. The third kappa shape index (κ3) is 5.80. The fourth-order valence-electron chi connectivity index (χ4n) is 1.46. The van der Waals surface area contributed by atoms with E-state index in [1.54, 1.807) is 12.1 Å². The zero-order valence-corrected chi connectivity index (χ0v) is 11.9. The minimum absolute atomic E-state index is 0.0208. The van der Waals surface area contributed by atoms with Crippen molar-refractivity contribution < 1.29 is 23.0 Å². The highest BCUT2D eigenvalue weighted by Gasteiger charge is 2.31. The lowest BCUT2D eigenvalue weighted by atomic mass is 10.2. The van der Waals surface area contributed by atoms with Crippen LogP contribution in [0.25, 0.3) is 0 Å². The predicted octanol–water partition coefficient (Wildman–Crippen LogP) is 3.21. The molecule has 2 N–H and O–H groups in total. The molecule has 19 heavy (non-hydrogen) atoms. The fourth-order valence-corrected chi connectivity index (χ4v) is 1.97. The average Bonchev–Trinajstić information content (AvgIpc) is 2.32. The summed E-state index contributed by atoms with van der Waals surface area (Å²) in [5, 5.41) is 12.1. The van der Waals surface area contributed by atoms with E-state index in [2.05, 4.69) is 26.0 Å². The van der Waals surface area contributed by atoms with Crippen molar-refractivity contribution in [2.45, 2.75) is 32.3 Å². The second-order valence-corrected chi connectivity index (χ2v) is 4.84. The lowest BCUT2D eigenvalue weighted by Gasteiger charge is -2.15. The van der Waals surface area contributed by atoms with Crippen LogP contribution in [0.2, 0.25) is 0 Å². The van der Waals surface area contributed by atoms with Crippen LogP contribution in [0.3, 0.4) is 0 Å². The molecule has 1 aromatic carbocycles. The molecule has 0 aliphatic heterocycles. The summed E-state index contributed by atoms with van der Waals surface area (Å²) in [6.45, 7) is 2.42. The van der Waals surface area contributed by atoms with Gasteiger partial charge in [0.05, 0.1) is 11.1 Å². The molecule has 7 heteroatoms. The first-order valence-corrected chi connectivity index (χ1v) is 6.53. The van der Waals surface area contributed by atoms with Crippen LogP contribution in [0.5, 0.6) is 5.75 Å². The first-order chi connectivity index (χ1) is 8.85. The van der Waals surface area contributed by atoms with E-state index in [-0.39, 0.29) is 22.9 Å². The molecule has 0 saturated heterocycles. The van der Waals surface area contributed by atoms with E-state index >= 15 is 0 Å². The van der Waals surface area contributed by atoms with Gasteiger partial charge in [0.2, 0.25) is 0 Å². The van der Waals surface area contributed by atoms with E-state index in [0.29, 0.717) is 6.54 Å². The first kappa shape index (κ1) is 16.3. The quantitative estimate of drug-likeness (QED) is 0.834. The van der Waals surface area contributed by atoms with Crippen LogP contribution in [0.15, 0.2) is 22.7 Å². The van der Waals surface area contributed by atoms with Gasteiger partial charge in [0.25, 0.3) is 0 Å². The largest absolute Gasteiger partial charge is 0.573 e. The van der Waals surface area contributed by atoms with Crippen molar-refractivity contribution in [3.8, 4) is 5.75 Å². The van der Waals surface area contributed by atoms with E-state index in [1.807, 2.05) is 6.92 Å². The van der Waals surface area contributed by atoms with E-state index in [0.717, 1.165) is 12.0 Å². The molecule has 1 atom stereocenters. The van der Waals surface area contributed by atoms with Crippen LogP contribution in [-0.4, -0.2) is 24.1 Å². The van der Waals surface area contributed by atoms with Crippen molar-refractivity contribution in [1.29, 1.82) is 0 Å². The standard InChI is InChI=1S/C12H15BrF3NO2/c1-2-9(7-18)17-6-8-3-4-11(10(13)5-8)19-12(14,15)16/h3-5,9,17-18H,2,6-7H2,1H3/t9-/m0/s1. The van der Waals surface area contributed by atoms with Gasteiger partial charge >= 0.3 is 6.36 Å². The van der Waals surface area contributed by atoms with Gasteiger partial charge in [0.1, 0.15) is 5.75 Å². The second-order valence-electron chi connectivity index (χ2n) is 3.98. The number of rotatable bonds is 6. The minimum Gasteiger partial charge on any atom is -0.405 e. The van der Waals surface area contributed by atoms with Crippen LogP contribution in [0.1, 0.15) is 18.9 Å². The topological polar surface area (TPSA) is 41.5 Å². The highest BCUT2D eigenvalue weighted by molar-refractivity contribution is 9.10. The predicted molar refractivity (Wildman–Crippen MR) is 68.8 cm³/mol. The van der Waals surface area contributed by atoms with Gasteiger partial charge in [-0.05, 0) is 40.0 Å². The Bertz CT molecular complexity index is 408. The maximum atomic E-state index is 12.1. The molecule has 0 radical (unpaired) electrons. The Morgan fingerprint density at radius 3 is 2.58 bits per heavy atom. The third-order valence-electron chi connectivity index (χ3n) is 2.53. The van der Waals surface area contributed by atoms with Gasteiger partial charge in [-0.1, -0.05) is 13.0 Å². The van der Waals surface area contributed by atoms with Gasteiger partial charge in [-0.25, -0.2) is 0 Å². The van der Waals surface area contributed by atoms with Gasteiger partial charge in [-0.2, -0.15) is 0 Å². The Hall–Kier alpha value is -0.790. The summed E-state index contributed by atoms with van der Waals surface area (Å²) in [5.41, 5.74) is 0.799. The lowest BCUT2D eigenvalue weighted by Crippen LogP contribution is -2.31. The average molecular weight is 342 g/mol. The molecule has 0 aromatic heterocycles. The zero-order valence-electron chi connectivity index (χ0n) is 10.3. The Morgan fingerprint density at radius 1 is 1.42 bits per heavy atom. The Balaban J connectivity index is 2.66. The molecular weight excluding hydrogens is 327 g/mol. The summed E-state index contributed by atoms with van der Waals surface area (Å²) in [4.78, 5) is 0. The third-order valence-corrected chi connectivity index (χ3v) is 3.15. The molecule has 0 amide bonds. The number of alkyl halides is 3. The first-order valence-electron chi connectivity index (χ1n) is 5.74. The Kier molecular flexibility index (Phi) is 6.09. The molecule has 108 valence electrons. The Labute approximate surface area is 117 Å². The number of halogens is 4. The second kappa shape index (κ2) is 7.12. The van der Waals surface area contributed by atoms with Gasteiger partial charge in [0, 0.05) is 12.6 Å². The summed E-state index contributed by atoms with van der Waals surface area (Å²) >= 11 is 3.04. The van der Waals surface area contributed by atoms with Crippen molar-refractivity contribution in [3.63, 3.8) is 0 Å².